The molecular formula is C22H22N4O4. The van der Waals surface area contributed by atoms with Gasteiger partial charge in [0.2, 0.25) is 0 Å². The second-order valence-electron chi connectivity index (χ2n) is 6.79. The topological polar surface area (TPSA) is 108 Å². The first-order valence-corrected chi connectivity index (χ1v) is 9.70. The van der Waals surface area contributed by atoms with Gasteiger partial charge in [-0.25, -0.2) is 9.59 Å². The number of benzene rings is 2. The Balaban J connectivity index is 1.14. The fourth-order valence-electron chi connectivity index (χ4n) is 3.36. The molecule has 0 unspecified atom stereocenters. The van der Waals surface area contributed by atoms with E-state index in [0.717, 1.165) is 32.9 Å². The smallest absolute Gasteiger partial charge is 0.362 e. The number of hydrogen-bond acceptors (Lipinski definition) is 6. The Bertz CT molecular complexity index is 1070. The van der Waals surface area contributed by atoms with E-state index in [1.165, 1.54) is 0 Å². The van der Waals surface area contributed by atoms with Gasteiger partial charge in [0.25, 0.3) is 0 Å². The fraction of sp³-hybridized carbons (Fsp3) is 0.182. The van der Waals surface area contributed by atoms with Gasteiger partial charge in [0.1, 0.15) is 0 Å². The van der Waals surface area contributed by atoms with Crippen LogP contribution in [0.1, 0.15) is 11.1 Å². The van der Waals surface area contributed by atoms with Crippen LogP contribution in [0, 0.1) is 0 Å². The zero-order valence-corrected chi connectivity index (χ0v) is 16.2. The van der Waals surface area contributed by atoms with Gasteiger partial charge < -0.3 is 19.6 Å². The summed E-state index contributed by atoms with van der Waals surface area (Å²) < 4.78 is 0. The van der Waals surface area contributed by atoms with Crippen LogP contribution in [0.25, 0.3) is 21.8 Å². The largest absolute Gasteiger partial charge is 0.437 e. The van der Waals surface area contributed by atoms with E-state index in [1.807, 2.05) is 60.9 Å². The molecule has 0 aliphatic carbocycles. The summed E-state index contributed by atoms with van der Waals surface area (Å²) >= 11 is 0. The van der Waals surface area contributed by atoms with Crippen molar-refractivity contribution in [1.29, 1.82) is 0 Å². The summed E-state index contributed by atoms with van der Waals surface area (Å²) in [6.07, 6.45) is 5.10. The minimum absolute atomic E-state index is 0.370. The van der Waals surface area contributed by atoms with Gasteiger partial charge in [-0.3, -0.25) is 0 Å². The van der Waals surface area contributed by atoms with E-state index in [2.05, 4.69) is 20.9 Å². The van der Waals surface area contributed by atoms with Gasteiger partial charge >= 0.3 is 11.9 Å². The number of para-hydroxylation sites is 2. The van der Waals surface area contributed by atoms with E-state index >= 15 is 0 Å². The second kappa shape index (κ2) is 9.25. The summed E-state index contributed by atoms with van der Waals surface area (Å²) in [5.74, 6) is -2.21. The number of hydroxylamine groups is 2. The normalized spacial score (nSPS) is 11.1. The molecule has 0 bridgehead atoms. The van der Waals surface area contributed by atoms with Gasteiger partial charge in [-0.05, 0) is 36.1 Å². The van der Waals surface area contributed by atoms with Crippen LogP contribution < -0.4 is 11.0 Å². The van der Waals surface area contributed by atoms with Crippen molar-refractivity contribution in [1.82, 2.24) is 20.9 Å². The maximum Gasteiger partial charge on any atom is 0.437 e. The van der Waals surface area contributed by atoms with Crippen molar-refractivity contribution < 1.29 is 19.3 Å². The highest BCUT2D eigenvalue weighted by atomic mass is 16.7. The number of carbonyl (C=O) groups is 2. The van der Waals surface area contributed by atoms with E-state index in [-0.39, 0.29) is 0 Å². The van der Waals surface area contributed by atoms with Crippen LogP contribution in [0.2, 0.25) is 0 Å². The van der Waals surface area contributed by atoms with Crippen molar-refractivity contribution in [2.75, 3.05) is 13.1 Å². The Morgan fingerprint density at radius 1 is 0.700 bits per heavy atom. The SMILES string of the molecule is O=C(ONCCc1c[nH]c2ccccc12)C(=O)ONCCc1c[nH]c2ccccc12. The van der Waals surface area contributed by atoms with Crippen LogP contribution in [0.3, 0.4) is 0 Å². The van der Waals surface area contributed by atoms with E-state index in [1.54, 1.807) is 0 Å². The average molecular weight is 406 g/mol. The van der Waals surface area contributed by atoms with Crippen LogP contribution in [-0.2, 0) is 32.1 Å². The molecule has 0 fully saturated rings. The van der Waals surface area contributed by atoms with E-state index < -0.39 is 11.9 Å². The number of aromatic nitrogens is 2. The number of aromatic amines is 2. The van der Waals surface area contributed by atoms with Crippen LogP contribution in [-0.4, -0.2) is 35.0 Å². The Morgan fingerprint density at radius 3 is 1.60 bits per heavy atom. The molecule has 8 heteroatoms. The first-order valence-electron chi connectivity index (χ1n) is 9.70. The lowest BCUT2D eigenvalue weighted by molar-refractivity contribution is -0.176. The van der Waals surface area contributed by atoms with Gasteiger partial charge in [0.05, 0.1) is 0 Å². The minimum Gasteiger partial charge on any atom is -0.362 e. The lowest BCUT2D eigenvalue weighted by Crippen LogP contribution is -2.32. The molecule has 4 N–H and O–H groups in total. The van der Waals surface area contributed by atoms with Crippen molar-refractivity contribution in [3.8, 4) is 0 Å². The summed E-state index contributed by atoms with van der Waals surface area (Å²) in [5.41, 5.74) is 9.29. The quantitative estimate of drug-likeness (QED) is 0.203. The lowest BCUT2D eigenvalue weighted by atomic mass is 10.1. The zero-order chi connectivity index (χ0) is 20.8. The molecule has 0 radical (unpaired) electrons. The van der Waals surface area contributed by atoms with Crippen molar-refractivity contribution in [3.63, 3.8) is 0 Å². The molecule has 0 aliphatic heterocycles. The molecule has 154 valence electrons. The molecule has 0 amide bonds. The zero-order valence-electron chi connectivity index (χ0n) is 16.2. The van der Waals surface area contributed by atoms with Gasteiger partial charge in [-0.15, -0.1) is 0 Å². The minimum atomic E-state index is -1.10. The number of carbonyl (C=O) groups excluding carboxylic acids is 2. The summed E-state index contributed by atoms with van der Waals surface area (Å²) in [6.45, 7) is 0.740. The van der Waals surface area contributed by atoms with E-state index in [0.29, 0.717) is 25.9 Å². The summed E-state index contributed by atoms with van der Waals surface area (Å²) in [6, 6.07) is 15.9. The maximum atomic E-state index is 11.7. The third-order valence-corrected chi connectivity index (χ3v) is 4.84. The average Bonchev–Trinajstić information content (AvgIpc) is 3.38. The summed E-state index contributed by atoms with van der Waals surface area (Å²) in [5, 5.41) is 2.23. The summed E-state index contributed by atoms with van der Waals surface area (Å²) in [7, 11) is 0. The van der Waals surface area contributed by atoms with E-state index in [4.69, 9.17) is 9.68 Å². The first-order chi connectivity index (χ1) is 14.7. The van der Waals surface area contributed by atoms with Gasteiger partial charge in [-0.1, -0.05) is 36.4 Å². The van der Waals surface area contributed by atoms with Crippen molar-refractivity contribution in [2.45, 2.75) is 12.8 Å². The molecule has 2 aromatic heterocycles. The second-order valence-corrected chi connectivity index (χ2v) is 6.79. The standard InChI is InChI=1S/C22H22N4O4/c27-21(29-25-11-9-15-13-23-19-7-3-1-5-17(15)19)22(28)30-26-12-10-16-14-24-20-8-4-2-6-18(16)20/h1-8,13-14,23-26H,9-12H2. The molecular weight excluding hydrogens is 384 g/mol. The highest BCUT2D eigenvalue weighted by Gasteiger charge is 2.18. The third-order valence-electron chi connectivity index (χ3n) is 4.84. The Kier molecular flexibility index (Phi) is 6.07. The lowest BCUT2D eigenvalue weighted by Gasteiger charge is -2.06. The Hall–Kier alpha value is -3.62. The number of fused-ring (bicyclic) bond motifs is 2. The molecule has 0 atom stereocenters. The van der Waals surface area contributed by atoms with Crippen LogP contribution in [0.5, 0.6) is 0 Å². The molecule has 0 aliphatic rings. The maximum absolute atomic E-state index is 11.7. The molecule has 2 aromatic carbocycles. The fourth-order valence-corrected chi connectivity index (χ4v) is 3.36. The molecule has 4 rings (SSSR count). The summed E-state index contributed by atoms with van der Waals surface area (Å²) in [4.78, 5) is 39.3. The predicted molar refractivity (Wildman–Crippen MR) is 112 cm³/mol. The molecule has 30 heavy (non-hydrogen) atoms. The molecule has 4 aromatic rings. The van der Waals surface area contributed by atoms with Crippen LogP contribution in [0.15, 0.2) is 60.9 Å². The molecule has 0 spiro atoms. The number of nitrogens with one attached hydrogen (secondary N) is 4. The monoisotopic (exact) mass is 406 g/mol. The Labute approximate surface area is 172 Å². The molecule has 0 saturated carbocycles. The Morgan fingerprint density at radius 2 is 1.13 bits per heavy atom. The number of H-pyrrole nitrogens is 2. The van der Waals surface area contributed by atoms with Gasteiger partial charge in [0.15, 0.2) is 0 Å². The van der Waals surface area contributed by atoms with Gasteiger partial charge in [0, 0.05) is 47.3 Å². The highest BCUT2D eigenvalue weighted by Crippen LogP contribution is 2.18. The van der Waals surface area contributed by atoms with Crippen LogP contribution >= 0.6 is 0 Å². The number of hydrogen-bond donors (Lipinski definition) is 4. The highest BCUT2D eigenvalue weighted by molar-refractivity contribution is 6.29. The predicted octanol–water partition coefficient (Wildman–Crippen LogP) is 2.53. The van der Waals surface area contributed by atoms with Gasteiger partial charge in [-0.2, -0.15) is 11.0 Å². The molecule has 0 saturated heterocycles. The van der Waals surface area contributed by atoms with Crippen LogP contribution in [0.4, 0.5) is 0 Å². The van der Waals surface area contributed by atoms with Crippen molar-refractivity contribution >= 4 is 33.7 Å². The molecule has 8 nitrogen and oxygen atoms in total. The first kappa shape index (κ1) is 19.7. The third kappa shape index (κ3) is 4.51. The van der Waals surface area contributed by atoms with Crippen molar-refractivity contribution in [3.05, 3.63) is 72.1 Å². The molecule has 2 heterocycles. The van der Waals surface area contributed by atoms with E-state index in [9.17, 15) is 9.59 Å². The number of rotatable bonds is 8. The van der Waals surface area contributed by atoms with Crippen molar-refractivity contribution in [2.24, 2.45) is 0 Å².